The maximum atomic E-state index is 3.57. The van der Waals surface area contributed by atoms with Crippen LogP contribution in [0.15, 0.2) is 0 Å². The number of nitrogens with one attached hydrogen (secondary N) is 1. The molecule has 0 saturated carbocycles. The standard InChI is InChI=1S/C15H30N2/c1-14(2,3)13-12-7-8-16-9-11(12)10-17(13)15(4,5)6/h11-13,16H,7-10H2,1-6H3. The van der Waals surface area contributed by atoms with Gasteiger partial charge in [-0.3, -0.25) is 4.90 Å². The molecule has 0 aromatic carbocycles. The van der Waals surface area contributed by atoms with E-state index in [4.69, 9.17) is 0 Å². The van der Waals surface area contributed by atoms with Gasteiger partial charge in [0.25, 0.3) is 0 Å². The molecule has 0 aromatic rings. The minimum atomic E-state index is 0.301. The molecule has 2 heteroatoms. The zero-order valence-corrected chi connectivity index (χ0v) is 12.5. The summed E-state index contributed by atoms with van der Waals surface area (Å²) in [7, 11) is 0. The molecule has 1 N–H and O–H groups in total. The molecule has 0 amide bonds. The Morgan fingerprint density at radius 3 is 2.24 bits per heavy atom. The minimum absolute atomic E-state index is 0.301. The first-order chi connectivity index (χ1) is 7.71. The molecule has 2 heterocycles. The predicted octanol–water partition coefficient (Wildman–Crippen LogP) is 2.74. The van der Waals surface area contributed by atoms with Gasteiger partial charge in [0, 0.05) is 18.1 Å². The molecular weight excluding hydrogens is 208 g/mol. The second-order valence-corrected chi connectivity index (χ2v) is 8.05. The molecule has 3 unspecified atom stereocenters. The van der Waals surface area contributed by atoms with Gasteiger partial charge in [-0.1, -0.05) is 20.8 Å². The highest BCUT2D eigenvalue weighted by Crippen LogP contribution is 2.45. The van der Waals surface area contributed by atoms with Gasteiger partial charge < -0.3 is 5.32 Å². The molecule has 2 saturated heterocycles. The van der Waals surface area contributed by atoms with Gasteiger partial charge in [0.15, 0.2) is 0 Å². The van der Waals surface area contributed by atoms with Crippen LogP contribution in [0.5, 0.6) is 0 Å². The van der Waals surface area contributed by atoms with E-state index in [2.05, 4.69) is 51.8 Å². The summed E-state index contributed by atoms with van der Waals surface area (Å²) in [6, 6.07) is 0.745. The Labute approximate surface area is 107 Å². The lowest BCUT2D eigenvalue weighted by atomic mass is 9.73. The fraction of sp³-hybridized carbons (Fsp3) is 1.00. The zero-order chi connectivity index (χ0) is 12.8. The summed E-state index contributed by atoms with van der Waals surface area (Å²) >= 11 is 0. The smallest absolute Gasteiger partial charge is 0.0181 e. The molecule has 2 aliphatic rings. The van der Waals surface area contributed by atoms with Crippen molar-refractivity contribution in [3.8, 4) is 0 Å². The van der Waals surface area contributed by atoms with E-state index in [1.54, 1.807) is 0 Å². The monoisotopic (exact) mass is 238 g/mol. The van der Waals surface area contributed by atoms with E-state index in [1.807, 2.05) is 0 Å². The van der Waals surface area contributed by atoms with Crippen molar-refractivity contribution in [2.45, 2.75) is 59.5 Å². The van der Waals surface area contributed by atoms with Crippen molar-refractivity contribution in [2.75, 3.05) is 19.6 Å². The van der Waals surface area contributed by atoms with Crippen molar-refractivity contribution >= 4 is 0 Å². The van der Waals surface area contributed by atoms with E-state index in [1.165, 1.54) is 26.1 Å². The van der Waals surface area contributed by atoms with Gasteiger partial charge in [-0.05, 0) is 57.5 Å². The summed E-state index contributed by atoms with van der Waals surface area (Å²) in [5.74, 6) is 1.77. The average Bonchev–Trinajstić information content (AvgIpc) is 2.54. The molecule has 0 radical (unpaired) electrons. The third-order valence-corrected chi connectivity index (χ3v) is 4.59. The number of nitrogens with zero attached hydrogens (tertiary/aromatic N) is 1. The number of piperidine rings is 1. The Bertz CT molecular complexity index is 272. The van der Waals surface area contributed by atoms with Crippen LogP contribution in [-0.2, 0) is 0 Å². The predicted molar refractivity (Wildman–Crippen MR) is 74.2 cm³/mol. The van der Waals surface area contributed by atoms with Crippen LogP contribution in [0.1, 0.15) is 48.0 Å². The summed E-state index contributed by atoms with van der Waals surface area (Å²) in [6.45, 7) is 18.1. The lowest BCUT2D eigenvalue weighted by Gasteiger charge is -2.45. The molecule has 0 aromatic heterocycles. The van der Waals surface area contributed by atoms with Crippen LogP contribution in [-0.4, -0.2) is 36.1 Å². The highest BCUT2D eigenvalue weighted by Gasteiger charge is 2.50. The average molecular weight is 238 g/mol. The number of fused-ring (bicyclic) bond motifs is 1. The van der Waals surface area contributed by atoms with E-state index in [0.29, 0.717) is 11.0 Å². The highest BCUT2D eigenvalue weighted by atomic mass is 15.3. The second-order valence-electron chi connectivity index (χ2n) is 8.05. The summed E-state index contributed by atoms with van der Waals surface area (Å²) < 4.78 is 0. The largest absolute Gasteiger partial charge is 0.316 e. The van der Waals surface area contributed by atoms with E-state index in [9.17, 15) is 0 Å². The van der Waals surface area contributed by atoms with E-state index in [0.717, 1.165) is 17.9 Å². The van der Waals surface area contributed by atoms with Gasteiger partial charge in [0.05, 0.1) is 0 Å². The Balaban J connectivity index is 2.27. The van der Waals surface area contributed by atoms with Crippen LogP contribution >= 0.6 is 0 Å². The molecule has 2 fully saturated rings. The number of hydrogen-bond donors (Lipinski definition) is 1. The van der Waals surface area contributed by atoms with Gasteiger partial charge >= 0.3 is 0 Å². The number of hydrogen-bond acceptors (Lipinski definition) is 2. The van der Waals surface area contributed by atoms with Gasteiger partial charge in [0.1, 0.15) is 0 Å². The van der Waals surface area contributed by atoms with E-state index >= 15 is 0 Å². The van der Waals surface area contributed by atoms with Crippen LogP contribution < -0.4 is 5.32 Å². The lowest BCUT2D eigenvalue weighted by molar-refractivity contribution is 0.0369. The fourth-order valence-corrected chi connectivity index (χ4v) is 3.96. The van der Waals surface area contributed by atoms with E-state index in [-0.39, 0.29) is 0 Å². The Morgan fingerprint density at radius 2 is 1.71 bits per heavy atom. The lowest BCUT2D eigenvalue weighted by Crippen LogP contribution is -2.51. The van der Waals surface area contributed by atoms with E-state index < -0.39 is 0 Å². The first kappa shape index (κ1) is 13.4. The SMILES string of the molecule is CC(C)(C)C1C2CCNCC2CN1C(C)(C)C. The minimum Gasteiger partial charge on any atom is -0.316 e. The van der Waals surface area contributed by atoms with Gasteiger partial charge in [-0.25, -0.2) is 0 Å². The molecule has 3 atom stereocenters. The second kappa shape index (κ2) is 4.24. The normalized spacial score (nSPS) is 36.0. The van der Waals surface area contributed by atoms with Crippen molar-refractivity contribution in [2.24, 2.45) is 17.3 Å². The Morgan fingerprint density at radius 1 is 1.06 bits per heavy atom. The van der Waals surface area contributed by atoms with Gasteiger partial charge in [0.2, 0.25) is 0 Å². The molecule has 100 valence electrons. The molecule has 2 rings (SSSR count). The quantitative estimate of drug-likeness (QED) is 0.698. The van der Waals surface area contributed by atoms with Crippen LogP contribution in [0.3, 0.4) is 0 Å². The maximum absolute atomic E-state index is 3.57. The topological polar surface area (TPSA) is 15.3 Å². The number of rotatable bonds is 0. The van der Waals surface area contributed by atoms with Crippen molar-refractivity contribution in [1.29, 1.82) is 0 Å². The fourth-order valence-electron chi connectivity index (χ4n) is 3.96. The van der Waals surface area contributed by atoms with Crippen LogP contribution in [0.2, 0.25) is 0 Å². The summed E-state index contributed by atoms with van der Waals surface area (Å²) in [6.07, 6.45) is 1.36. The third kappa shape index (κ3) is 2.53. The van der Waals surface area contributed by atoms with Crippen molar-refractivity contribution in [1.82, 2.24) is 10.2 Å². The third-order valence-electron chi connectivity index (χ3n) is 4.59. The summed E-state index contributed by atoms with van der Waals surface area (Å²) in [4.78, 5) is 2.77. The molecule has 2 aliphatic heterocycles. The molecular formula is C15H30N2. The van der Waals surface area contributed by atoms with Crippen LogP contribution in [0, 0.1) is 17.3 Å². The molecule has 17 heavy (non-hydrogen) atoms. The van der Waals surface area contributed by atoms with Gasteiger partial charge in [-0.15, -0.1) is 0 Å². The summed E-state index contributed by atoms with van der Waals surface area (Å²) in [5.41, 5.74) is 0.694. The number of likely N-dealkylation sites (tertiary alicyclic amines) is 1. The van der Waals surface area contributed by atoms with Crippen molar-refractivity contribution in [3.05, 3.63) is 0 Å². The molecule has 0 aliphatic carbocycles. The summed E-state index contributed by atoms with van der Waals surface area (Å²) in [5, 5.41) is 3.57. The van der Waals surface area contributed by atoms with Crippen LogP contribution in [0.4, 0.5) is 0 Å². The molecule has 2 nitrogen and oxygen atoms in total. The first-order valence-corrected chi connectivity index (χ1v) is 7.19. The van der Waals surface area contributed by atoms with Crippen molar-refractivity contribution < 1.29 is 0 Å². The Hall–Kier alpha value is -0.0800. The zero-order valence-electron chi connectivity index (χ0n) is 12.5. The maximum Gasteiger partial charge on any atom is 0.0181 e. The molecule has 0 bridgehead atoms. The van der Waals surface area contributed by atoms with Crippen molar-refractivity contribution in [3.63, 3.8) is 0 Å². The Kier molecular flexibility index (Phi) is 3.33. The van der Waals surface area contributed by atoms with Gasteiger partial charge in [-0.2, -0.15) is 0 Å². The van der Waals surface area contributed by atoms with Crippen LogP contribution in [0.25, 0.3) is 0 Å². The molecule has 0 spiro atoms. The highest BCUT2D eigenvalue weighted by molar-refractivity contribution is 5.04. The first-order valence-electron chi connectivity index (χ1n) is 7.19.